The van der Waals surface area contributed by atoms with Gasteiger partial charge in [-0.2, -0.15) is 0 Å². The Morgan fingerprint density at radius 2 is 1.70 bits per heavy atom. The largest absolute Gasteiger partial charge is 0.490 e. The van der Waals surface area contributed by atoms with Crippen molar-refractivity contribution in [1.82, 2.24) is 9.88 Å². The van der Waals surface area contributed by atoms with Crippen molar-refractivity contribution in [2.75, 3.05) is 6.54 Å². The summed E-state index contributed by atoms with van der Waals surface area (Å²) in [5.74, 6) is 1.13. The predicted octanol–water partition coefficient (Wildman–Crippen LogP) is 5.90. The zero-order chi connectivity index (χ0) is 29.2. The van der Waals surface area contributed by atoms with Crippen molar-refractivity contribution in [2.45, 2.75) is 72.0 Å². The number of carbonyl (C=O) groups is 1. The lowest BCUT2D eigenvalue weighted by Gasteiger charge is -2.29. The fraction of sp³-hybridized carbons (Fsp3) is 0.438. The number of carbonyl (C=O) groups excluding carboxylic acids is 1. The molecule has 0 unspecified atom stereocenters. The van der Waals surface area contributed by atoms with Crippen LogP contribution in [-0.4, -0.2) is 28.2 Å². The standard InChI is InChI=1S/C32H39FN2O5/c1-7-34-31(37)21-8-11-24(12-9-21)39-28-17-29(36)35(6)18-26(28)25-16-22(32(4,5)38)10-13-27(25)40-30-19(2)14-23(33)15-20(30)3/h10,13-18,21,24,38H,7-9,11-12H2,1-6H3,(H,34,37). The van der Waals surface area contributed by atoms with E-state index >= 15 is 0 Å². The minimum absolute atomic E-state index is 0.0337. The molecule has 2 aromatic carbocycles. The molecule has 214 valence electrons. The van der Waals surface area contributed by atoms with Crippen LogP contribution in [0.15, 0.2) is 47.4 Å². The molecular formula is C32H39FN2O5. The maximum Gasteiger partial charge on any atom is 0.254 e. The Kier molecular flexibility index (Phi) is 8.68. The number of pyridine rings is 1. The Morgan fingerprint density at radius 3 is 2.30 bits per heavy atom. The molecule has 0 atom stereocenters. The summed E-state index contributed by atoms with van der Waals surface area (Å²) in [7, 11) is 1.67. The zero-order valence-electron chi connectivity index (χ0n) is 24.1. The molecule has 4 rings (SSSR count). The maximum atomic E-state index is 14.0. The molecule has 3 aromatic rings. The summed E-state index contributed by atoms with van der Waals surface area (Å²) in [5.41, 5.74) is 1.86. The number of hydrogen-bond acceptors (Lipinski definition) is 5. The second-order valence-corrected chi connectivity index (χ2v) is 11.2. The number of aryl methyl sites for hydroxylation is 3. The number of hydrogen-bond donors (Lipinski definition) is 2. The number of benzene rings is 2. The molecule has 1 amide bonds. The lowest BCUT2D eigenvalue weighted by molar-refractivity contribution is -0.126. The van der Waals surface area contributed by atoms with Gasteiger partial charge in [-0.05, 0) is 101 Å². The smallest absolute Gasteiger partial charge is 0.254 e. The van der Waals surface area contributed by atoms with Gasteiger partial charge in [0.1, 0.15) is 23.1 Å². The van der Waals surface area contributed by atoms with Crippen molar-refractivity contribution < 1.29 is 23.8 Å². The molecule has 1 aliphatic rings. The SMILES string of the molecule is CCNC(=O)C1CCC(Oc2cc(=O)n(C)cc2-c2cc(C(C)(C)O)ccc2Oc2c(C)cc(F)cc2C)CC1. The second-order valence-electron chi connectivity index (χ2n) is 11.2. The molecule has 0 bridgehead atoms. The van der Waals surface area contributed by atoms with E-state index in [2.05, 4.69) is 5.32 Å². The molecule has 1 aromatic heterocycles. The van der Waals surface area contributed by atoms with Crippen LogP contribution in [-0.2, 0) is 17.4 Å². The van der Waals surface area contributed by atoms with Crippen LogP contribution in [0, 0.1) is 25.6 Å². The summed E-state index contributed by atoms with van der Waals surface area (Å²) in [4.78, 5) is 25.0. The lowest BCUT2D eigenvalue weighted by atomic mass is 9.86. The third-order valence-corrected chi connectivity index (χ3v) is 7.49. The van der Waals surface area contributed by atoms with E-state index < -0.39 is 5.60 Å². The number of aliphatic hydroxyl groups is 1. The van der Waals surface area contributed by atoms with E-state index in [4.69, 9.17) is 9.47 Å². The van der Waals surface area contributed by atoms with Gasteiger partial charge in [0, 0.05) is 42.9 Å². The van der Waals surface area contributed by atoms with E-state index in [-0.39, 0.29) is 29.3 Å². The van der Waals surface area contributed by atoms with Gasteiger partial charge in [-0.15, -0.1) is 0 Å². The Labute approximate surface area is 235 Å². The van der Waals surface area contributed by atoms with Crippen LogP contribution in [0.5, 0.6) is 17.2 Å². The monoisotopic (exact) mass is 550 g/mol. The van der Waals surface area contributed by atoms with E-state index in [1.54, 1.807) is 53.1 Å². The fourth-order valence-corrected chi connectivity index (χ4v) is 5.23. The highest BCUT2D eigenvalue weighted by Gasteiger charge is 2.28. The van der Waals surface area contributed by atoms with Crippen LogP contribution < -0.4 is 20.3 Å². The van der Waals surface area contributed by atoms with Crippen LogP contribution in [0.4, 0.5) is 4.39 Å². The van der Waals surface area contributed by atoms with Crippen LogP contribution >= 0.6 is 0 Å². The van der Waals surface area contributed by atoms with Crippen LogP contribution in [0.2, 0.25) is 0 Å². The Morgan fingerprint density at radius 1 is 1.05 bits per heavy atom. The van der Waals surface area contributed by atoms with Gasteiger partial charge >= 0.3 is 0 Å². The maximum absolute atomic E-state index is 14.0. The first-order chi connectivity index (χ1) is 18.9. The average molecular weight is 551 g/mol. The second kappa shape index (κ2) is 11.8. The normalized spacial score (nSPS) is 17.4. The summed E-state index contributed by atoms with van der Waals surface area (Å²) in [6, 6.07) is 9.72. The number of rotatable bonds is 8. The number of aromatic nitrogens is 1. The summed E-state index contributed by atoms with van der Waals surface area (Å²) in [6.45, 7) is 9.49. The van der Waals surface area contributed by atoms with E-state index in [0.29, 0.717) is 77.3 Å². The Bertz CT molecular complexity index is 1430. The van der Waals surface area contributed by atoms with Crippen molar-refractivity contribution in [1.29, 1.82) is 0 Å². The molecule has 0 radical (unpaired) electrons. The topological polar surface area (TPSA) is 89.8 Å². The minimum Gasteiger partial charge on any atom is -0.490 e. The molecule has 1 aliphatic carbocycles. The first kappa shape index (κ1) is 29.3. The first-order valence-electron chi connectivity index (χ1n) is 13.8. The molecule has 1 fully saturated rings. The first-order valence-corrected chi connectivity index (χ1v) is 13.8. The third-order valence-electron chi connectivity index (χ3n) is 7.49. The van der Waals surface area contributed by atoms with Crippen molar-refractivity contribution in [3.63, 3.8) is 0 Å². The summed E-state index contributed by atoms with van der Waals surface area (Å²) >= 11 is 0. The Hall–Kier alpha value is -3.65. The van der Waals surface area contributed by atoms with Gasteiger partial charge in [0.05, 0.1) is 11.7 Å². The van der Waals surface area contributed by atoms with E-state index in [9.17, 15) is 19.1 Å². The summed E-state index contributed by atoms with van der Waals surface area (Å²) in [6.07, 6.45) is 4.36. The number of nitrogens with one attached hydrogen (secondary N) is 1. The molecule has 7 nitrogen and oxygen atoms in total. The van der Waals surface area contributed by atoms with Gasteiger partial charge in [0.15, 0.2) is 0 Å². The highest BCUT2D eigenvalue weighted by atomic mass is 19.1. The number of nitrogens with zero attached hydrogens (tertiary/aromatic N) is 1. The predicted molar refractivity (Wildman–Crippen MR) is 153 cm³/mol. The van der Waals surface area contributed by atoms with E-state index in [1.807, 2.05) is 13.0 Å². The molecule has 2 N–H and O–H groups in total. The van der Waals surface area contributed by atoms with Crippen molar-refractivity contribution in [3.05, 3.63) is 75.5 Å². The van der Waals surface area contributed by atoms with Gasteiger partial charge < -0.3 is 24.5 Å². The van der Waals surface area contributed by atoms with Crippen molar-refractivity contribution in [2.24, 2.45) is 13.0 Å². The number of ether oxygens (including phenoxy) is 2. The van der Waals surface area contributed by atoms with E-state index in [0.717, 1.165) is 0 Å². The van der Waals surface area contributed by atoms with Crippen molar-refractivity contribution >= 4 is 5.91 Å². The van der Waals surface area contributed by atoms with Gasteiger partial charge in [0.25, 0.3) is 5.56 Å². The third kappa shape index (κ3) is 6.55. The van der Waals surface area contributed by atoms with Crippen molar-refractivity contribution in [3.8, 4) is 28.4 Å². The fourth-order valence-electron chi connectivity index (χ4n) is 5.23. The zero-order valence-corrected chi connectivity index (χ0v) is 24.1. The lowest BCUT2D eigenvalue weighted by Crippen LogP contribution is -2.35. The van der Waals surface area contributed by atoms with Gasteiger partial charge in [-0.1, -0.05) is 6.07 Å². The van der Waals surface area contributed by atoms with Gasteiger partial charge in [-0.25, -0.2) is 4.39 Å². The molecule has 1 heterocycles. The minimum atomic E-state index is -1.13. The molecule has 1 saturated carbocycles. The van der Waals surface area contributed by atoms with Crippen LogP contribution in [0.3, 0.4) is 0 Å². The van der Waals surface area contributed by atoms with Crippen LogP contribution in [0.25, 0.3) is 11.1 Å². The Balaban J connectivity index is 1.75. The molecule has 8 heteroatoms. The summed E-state index contributed by atoms with van der Waals surface area (Å²) in [5, 5.41) is 13.7. The molecular weight excluding hydrogens is 511 g/mol. The average Bonchev–Trinajstić information content (AvgIpc) is 2.88. The molecule has 40 heavy (non-hydrogen) atoms. The molecule has 0 spiro atoms. The molecule has 0 aliphatic heterocycles. The van der Waals surface area contributed by atoms with Gasteiger partial charge in [-0.3, -0.25) is 9.59 Å². The molecule has 0 saturated heterocycles. The highest BCUT2D eigenvalue weighted by Crippen LogP contribution is 2.42. The van der Waals surface area contributed by atoms with E-state index in [1.165, 1.54) is 22.8 Å². The summed E-state index contributed by atoms with van der Waals surface area (Å²) < 4.78 is 28.3. The quantitative estimate of drug-likeness (QED) is 0.364. The number of amides is 1. The highest BCUT2D eigenvalue weighted by molar-refractivity contribution is 5.79. The van der Waals surface area contributed by atoms with Crippen LogP contribution in [0.1, 0.15) is 63.1 Å². The van der Waals surface area contributed by atoms with Gasteiger partial charge in [0.2, 0.25) is 5.91 Å². The number of halogens is 1.